The van der Waals surface area contributed by atoms with Crippen LogP contribution in [-0.2, 0) is 10.2 Å². The van der Waals surface area contributed by atoms with Gasteiger partial charge in [-0.3, -0.25) is 4.79 Å². The molecule has 1 heterocycles. The molecule has 24 heavy (non-hydrogen) atoms. The van der Waals surface area contributed by atoms with Crippen LogP contribution in [0.4, 0.5) is 0 Å². The van der Waals surface area contributed by atoms with E-state index in [4.69, 9.17) is 9.47 Å². The van der Waals surface area contributed by atoms with Crippen molar-refractivity contribution in [2.24, 2.45) is 0 Å². The van der Waals surface area contributed by atoms with Gasteiger partial charge in [-0.05, 0) is 43.3 Å². The number of carbonyl (C=O) groups is 1. The SMILES string of the molecule is COc1c(OC2CCSCC2)cccc1C1(C(=O)O)CCCCC1. The zero-order valence-electron chi connectivity index (χ0n) is 14.3. The molecule has 132 valence electrons. The molecule has 5 heteroatoms. The Morgan fingerprint density at radius 3 is 2.54 bits per heavy atom. The third-order valence-electron chi connectivity index (χ3n) is 5.28. The van der Waals surface area contributed by atoms with Crippen LogP contribution in [-0.4, -0.2) is 35.8 Å². The summed E-state index contributed by atoms with van der Waals surface area (Å²) >= 11 is 1.96. The quantitative estimate of drug-likeness (QED) is 0.860. The van der Waals surface area contributed by atoms with E-state index >= 15 is 0 Å². The lowest BCUT2D eigenvalue weighted by Crippen LogP contribution is -2.38. The van der Waals surface area contributed by atoms with E-state index in [1.54, 1.807) is 7.11 Å². The van der Waals surface area contributed by atoms with Crippen LogP contribution in [0.5, 0.6) is 11.5 Å². The Hall–Kier alpha value is -1.36. The number of benzene rings is 1. The summed E-state index contributed by atoms with van der Waals surface area (Å²) in [7, 11) is 1.61. The van der Waals surface area contributed by atoms with Crippen molar-refractivity contribution in [3.63, 3.8) is 0 Å². The third kappa shape index (κ3) is 3.37. The van der Waals surface area contributed by atoms with Gasteiger partial charge in [0.05, 0.1) is 12.5 Å². The van der Waals surface area contributed by atoms with Crippen LogP contribution in [0.25, 0.3) is 0 Å². The summed E-state index contributed by atoms with van der Waals surface area (Å²) in [6, 6.07) is 5.72. The highest BCUT2D eigenvalue weighted by molar-refractivity contribution is 7.99. The molecule has 0 aromatic heterocycles. The van der Waals surface area contributed by atoms with Crippen LogP contribution < -0.4 is 9.47 Å². The number of para-hydroxylation sites is 1. The Morgan fingerprint density at radius 2 is 1.92 bits per heavy atom. The number of hydrogen-bond acceptors (Lipinski definition) is 4. The molecule has 0 amide bonds. The van der Waals surface area contributed by atoms with Gasteiger partial charge in [-0.1, -0.05) is 31.4 Å². The minimum atomic E-state index is -0.842. The van der Waals surface area contributed by atoms with Gasteiger partial charge in [0, 0.05) is 5.56 Å². The maximum Gasteiger partial charge on any atom is 0.314 e. The maximum atomic E-state index is 12.1. The average Bonchev–Trinajstić information content (AvgIpc) is 2.63. The molecule has 3 rings (SSSR count). The second-order valence-corrected chi connectivity index (χ2v) is 7.94. The molecule has 0 spiro atoms. The number of methoxy groups -OCH3 is 1. The first kappa shape index (κ1) is 17.5. The van der Waals surface area contributed by atoms with Crippen molar-refractivity contribution in [3.05, 3.63) is 23.8 Å². The zero-order chi connectivity index (χ0) is 17.0. The summed E-state index contributed by atoms with van der Waals surface area (Å²) in [5.41, 5.74) is -0.0642. The lowest BCUT2D eigenvalue weighted by molar-refractivity contribution is -0.145. The molecule has 1 saturated heterocycles. The average molecular weight is 350 g/mol. The van der Waals surface area contributed by atoms with Gasteiger partial charge in [0.2, 0.25) is 0 Å². The van der Waals surface area contributed by atoms with E-state index in [-0.39, 0.29) is 6.10 Å². The standard InChI is InChI=1S/C19H26O4S/c1-22-17-15(19(18(20)21)10-3-2-4-11-19)6-5-7-16(17)23-14-8-12-24-13-9-14/h5-7,14H,2-4,8-13H2,1H3,(H,20,21). The van der Waals surface area contributed by atoms with Gasteiger partial charge < -0.3 is 14.6 Å². The van der Waals surface area contributed by atoms with Gasteiger partial charge in [0.15, 0.2) is 11.5 Å². The van der Waals surface area contributed by atoms with Crippen molar-refractivity contribution in [1.82, 2.24) is 0 Å². The minimum absolute atomic E-state index is 0.197. The normalized spacial score (nSPS) is 21.2. The lowest BCUT2D eigenvalue weighted by atomic mass is 9.69. The number of hydrogen-bond donors (Lipinski definition) is 1. The molecule has 2 fully saturated rings. The first-order valence-corrected chi connectivity index (χ1v) is 9.98. The first-order valence-electron chi connectivity index (χ1n) is 8.82. The predicted octanol–water partition coefficient (Wildman–Crippen LogP) is 4.26. The number of ether oxygens (including phenoxy) is 2. The van der Waals surface area contributed by atoms with Gasteiger partial charge in [-0.2, -0.15) is 11.8 Å². The predicted molar refractivity (Wildman–Crippen MR) is 96.4 cm³/mol. The van der Waals surface area contributed by atoms with Gasteiger partial charge >= 0.3 is 5.97 Å². The summed E-state index contributed by atoms with van der Waals surface area (Å²) in [6.45, 7) is 0. The second kappa shape index (κ2) is 7.68. The zero-order valence-corrected chi connectivity index (χ0v) is 15.1. The Balaban J connectivity index is 1.95. The summed E-state index contributed by atoms with van der Waals surface area (Å²) in [5, 5.41) is 9.98. The fraction of sp³-hybridized carbons (Fsp3) is 0.632. The highest BCUT2D eigenvalue weighted by Gasteiger charge is 2.44. The number of carboxylic acid groups (broad SMARTS) is 1. The van der Waals surface area contributed by atoms with Crippen LogP contribution in [0, 0.1) is 0 Å². The monoisotopic (exact) mass is 350 g/mol. The summed E-state index contributed by atoms with van der Waals surface area (Å²) in [4.78, 5) is 12.1. The highest BCUT2D eigenvalue weighted by atomic mass is 32.2. The molecule has 0 radical (unpaired) electrons. The van der Waals surface area contributed by atoms with Crippen molar-refractivity contribution >= 4 is 17.7 Å². The topological polar surface area (TPSA) is 55.8 Å². The molecule has 1 aromatic carbocycles. The van der Waals surface area contributed by atoms with Crippen LogP contribution in [0.3, 0.4) is 0 Å². The molecule has 4 nitrogen and oxygen atoms in total. The van der Waals surface area contributed by atoms with Gasteiger partial charge in [0.1, 0.15) is 6.10 Å². The molecular formula is C19H26O4S. The largest absolute Gasteiger partial charge is 0.493 e. The molecule has 1 aromatic rings. The minimum Gasteiger partial charge on any atom is -0.493 e. The number of rotatable bonds is 5. The Bertz CT molecular complexity index is 575. The van der Waals surface area contributed by atoms with E-state index in [1.165, 1.54) is 0 Å². The molecule has 1 saturated carbocycles. The maximum absolute atomic E-state index is 12.1. The van der Waals surface area contributed by atoms with Crippen LogP contribution in [0.2, 0.25) is 0 Å². The fourth-order valence-corrected chi connectivity index (χ4v) is 4.99. The fourth-order valence-electron chi connectivity index (χ4n) is 3.92. The van der Waals surface area contributed by atoms with Gasteiger partial charge in [-0.25, -0.2) is 0 Å². The molecule has 0 unspecified atom stereocenters. The van der Waals surface area contributed by atoms with Gasteiger partial charge in [-0.15, -0.1) is 0 Å². The van der Waals surface area contributed by atoms with E-state index < -0.39 is 11.4 Å². The second-order valence-electron chi connectivity index (χ2n) is 6.71. The van der Waals surface area contributed by atoms with Crippen molar-refractivity contribution in [2.75, 3.05) is 18.6 Å². The molecular weight excluding hydrogens is 324 g/mol. The smallest absolute Gasteiger partial charge is 0.314 e. The summed E-state index contributed by atoms with van der Waals surface area (Å²) in [6.07, 6.45) is 6.59. The van der Waals surface area contributed by atoms with Crippen molar-refractivity contribution < 1.29 is 19.4 Å². The van der Waals surface area contributed by atoms with Gasteiger partial charge in [0.25, 0.3) is 0 Å². The van der Waals surface area contributed by atoms with E-state index in [2.05, 4.69) is 0 Å². The van der Waals surface area contributed by atoms with E-state index in [0.717, 1.165) is 49.2 Å². The molecule has 1 N–H and O–H groups in total. The highest BCUT2D eigenvalue weighted by Crippen LogP contribution is 2.47. The Kier molecular flexibility index (Phi) is 5.59. The Labute approximate surface area is 147 Å². The molecule has 0 bridgehead atoms. The number of thioether (sulfide) groups is 1. The van der Waals surface area contributed by atoms with Crippen LogP contribution in [0.1, 0.15) is 50.5 Å². The van der Waals surface area contributed by atoms with E-state index in [9.17, 15) is 9.90 Å². The third-order valence-corrected chi connectivity index (χ3v) is 6.33. The summed E-state index contributed by atoms with van der Waals surface area (Å²) in [5.74, 6) is 2.79. The van der Waals surface area contributed by atoms with Crippen molar-refractivity contribution in [3.8, 4) is 11.5 Å². The molecule has 2 aliphatic rings. The first-order chi connectivity index (χ1) is 11.7. The lowest BCUT2D eigenvalue weighted by Gasteiger charge is -2.35. The van der Waals surface area contributed by atoms with Crippen molar-refractivity contribution in [1.29, 1.82) is 0 Å². The van der Waals surface area contributed by atoms with Crippen LogP contribution in [0.15, 0.2) is 18.2 Å². The Morgan fingerprint density at radius 1 is 1.21 bits per heavy atom. The number of carboxylic acids is 1. The number of aliphatic carboxylic acids is 1. The van der Waals surface area contributed by atoms with E-state index in [1.807, 2.05) is 30.0 Å². The van der Waals surface area contributed by atoms with E-state index in [0.29, 0.717) is 24.3 Å². The van der Waals surface area contributed by atoms with Crippen LogP contribution >= 0.6 is 11.8 Å². The van der Waals surface area contributed by atoms with Crippen molar-refractivity contribution in [2.45, 2.75) is 56.5 Å². The summed E-state index contributed by atoms with van der Waals surface area (Å²) < 4.78 is 11.9. The molecule has 1 aliphatic carbocycles. The molecule has 1 aliphatic heterocycles. The molecule has 0 atom stereocenters.